The van der Waals surface area contributed by atoms with Gasteiger partial charge in [0, 0.05) is 24.2 Å². The number of furan rings is 1. The zero-order valence-electron chi connectivity index (χ0n) is 15.6. The molecular formula is C20H19BrN2O5S. The highest BCUT2D eigenvalue weighted by Crippen LogP contribution is 2.28. The summed E-state index contributed by atoms with van der Waals surface area (Å²) in [6, 6.07) is 12.0. The van der Waals surface area contributed by atoms with Crippen LogP contribution in [-0.2, 0) is 14.8 Å². The highest BCUT2D eigenvalue weighted by atomic mass is 79.9. The Bertz CT molecular complexity index is 1180. The van der Waals surface area contributed by atoms with Crippen molar-refractivity contribution in [3.8, 4) is 0 Å². The largest absolute Gasteiger partial charge is 0.450 e. The molecule has 0 atom stereocenters. The van der Waals surface area contributed by atoms with Gasteiger partial charge >= 0.3 is 0 Å². The summed E-state index contributed by atoms with van der Waals surface area (Å²) >= 11 is 3.40. The van der Waals surface area contributed by atoms with Gasteiger partial charge in [-0.15, -0.1) is 0 Å². The van der Waals surface area contributed by atoms with Crippen molar-refractivity contribution in [1.29, 1.82) is 0 Å². The number of halogens is 1. The number of aryl methyl sites for hydroxylation is 1. The molecule has 1 amide bonds. The maximum atomic E-state index is 13.0. The number of fused-ring (bicyclic) bond motifs is 1. The number of morpholine rings is 1. The van der Waals surface area contributed by atoms with Gasteiger partial charge in [0.2, 0.25) is 10.0 Å². The van der Waals surface area contributed by atoms with Crippen LogP contribution in [0, 0.1) is 6.92 Å². The van der Waals surface area contributed by atoms with Crippen molar-refractivity contribution in [1.82, 2.24) is 4.31 Å². The minimum Gasteiger partial charge on any atom is -0.450 e. The lowest BCUT2D eigenvalue weighted by molar-refractivity contribution is 0.0730. The molecule has 0 radical (unpaired) electrons. The zero-order valence-corrected chi connectivity index (χ0v) is 18.0. The van der Waals surface area contributed by atoms with Crippen LogP contribution >= 0.6 is 15.9 Å². The number of amides is 1. The van der Waals surface area contributed by atoms with E-state index in [4.69, 9.17) is 9.15 Å². The van der Waals surface area contributed by atoms with Crippen LogP contribution in [0.15, 0.2) is 56.2 Å². The lowest BCUT2D eigenvalue weighted by Crippen LogP contribution is -2.40. The molecule has 1 aromatic heterocycles. The van der Waals surface area contributed by atoms with Gasteiger partial charge in [0.15, 0.2) is 5.76 Å². The zero-order chi connectivity index (χ0) is 20.6. The lowest BCUT2D eigenvalue weighted by Gasteiger charge is -2.26. The summed E-state index contributed by atoms with van der Waals surface area (Å²) < 4.78 is 39.1. The predicted molar refractivity (Wildman–Crippen MR) is 113 cm³/mol. The smallest absolute Gasteiger partial charge is 0.291 e. The maximum absolute atomic E-state index is 13.0. The molecule has 2 heterocycles. The summed E-state index contributed by atoms with van der Waals surface area (Å²) in [4.78, 5) is 12.8. The summed E-state index contributed by atoms with van der Waals surface area (Å²) in [5, 5.41) is 3.52. The highest BCUT2D eigenvalue weighted by Gasteiger charge is 2.28. The quantitative estimate of drug-likeness (QED) is 0.616. The number of nitrogens with one attached hydrogen (secondary N) is 1. The normalized spacial score (nSPS) is 15.5. The molecule has 1 aliphatic rings. The van der Waals surface area contributed by atoms with E-state index in [1.807, 2.05) is 18.2 Å². The number of ether oxygens (including phenoxy) is 1. The van der Waals surface area contributed by atoms with Crippen molar-refractivity contribution in [3.63, 3.8) is 0 Å². The third kappa shape index (κ3) is 3.95. The van der Waals surface area contributed by atoms with E-state index in [1.54, 1.807) is 25.1 Å². The first-order chi connectivity index (χ1) is 13.9. The molecule has 29 heavy (non-hydrogen) atoms. The number of rotatable bonds is 4. The summed E-state index contributed by atoms with van der Waals surface area (Å²) in [5.74, 6) is -0.309. The number of para-hydroxylation sites is 1. The van der Waals surface area contributed by atoms with Gasteiger partial charge in [-0.25, -0.2) is 8.42 Å². The number of hydrogen-bond acceptors (Lipinski definition) is 5. The Morgan fingerprint density at radius 2 is 1.90 bits per heavy atom. The van der Waals surface area contributed by atoms with E-state index < -0.39 is 15.9 Å². The van der Waals surface area contributed by atoms with Crippen molar-refractivity contribution in [2.45, 2.75) is 11.8 Å². The van der Waals surface area contributed by atoms with Gasteiger partial charge in [-0.05, 0) is 52.7 Å². The molecule has 0 saturated carbocycles. The minimum absolute atomic E-state index is 0.144. The van der Waals surface area contributed by atoms with Crippen LogP contribution in [0.3, 0.4) is 0 Å². The summed E-state index contributed by atoms with van der Waals surface area (Å²) in [6.07, 6.45) is 0. The first kappa shape index (κ1) is 20.1. The van der Waals surface area contributed by atoms with Crippen LogP contribution in [-0.4, -0.2) is 44.9 Å². The summed E-state index contributed by atoms with van der Waals surface area (Å²) in [7, 11) is -3.67. The molecule has 0 spiro atoms. The number of nitrogens with zero attached hydrogens (tertiary/aromatic N) is 1. The minimum atomic E-state index is -3.67. The van der Waals surface area contributed by atoms with Crippen molar-refractivity contribution >= 4 is 48.5 Å². The van der Waals surface area contributed by atoms with Crippen molar-refractivity contribution < 1.29 is 22.4 Å². The Morgan fingerprint density at radius 3 is 2.62 bits per heavy atom. The van der Waals surface area contributed by atoms with E-state index >= 15 is 0 Å². The number of sulfonamides is 1. The van der Waals surface area contributed by atoms with Gasteiger partial charge in [-0.2, -0.15) is 4.31 Å². The summed E-state index contributed by atoms with van der Waals surface area (Å²) in [5.41, 5.74) is 1.58. The van der Waals surface area contributed by atoms with Crippen LogP contribution in [0.4, 0.5) is 5.69 Å². The Balaban J connectivity index is 1.61. The third-order valence-electron chi connectivity index (χ3n) is 4.75. The number of carbonyl (C=O) groups excluding carboxylic acids is 1. The molecule has 9 heteroatoms. The predicted octanol–water partition coefficient (Wildman–Crippen LogP) is 3.78. The molecule has 0 bridgehead atoms. The Kier molecular flexibility index (Phi) is 5.48. The second-order valence-electron chi connectivity index (χ2n) is 6.72. The van der Waals surface area contributed by atoms with Gasteiger partial charge in [-0.3, -0.25) is 4.79 Å². The average molecular weight is 479 g/mol. The molecule has 1 fully saturated rings. The van der Waals surface area contributed by atoms with Crippen LogP contribution in [0.2, 0.25) is 0 Å². The Hall–Kier alpha value is -2.20. The molecule has 152 valence electrons. The molecule has 0 aliphatic carbocycles. The van der Waals surface area contributed by atoms with E-state index in [-0.39, 0.29) is 10.7 Å². The fraction of sp³-hybridized carbons (Fsp3) is 0.250. The van der Waals surface area contributed by atoms with E-state index in [9.17, 15) is 13.2 Å². The second kappa shape index (κ2) is 7.91. The average Bonchev–Trinajstić information content (AvgIpc) is 3.16. The molecular weight excluding hydrogens is 460 g/mol. The van der Waals surface area contributed by atoms with Crippen molar-refractivity contribution in [2.24, 2.45) is 0 Å². The molecule has 2 aromatic carbocycles. The molecule has 1 aliphatic heterocycles. The molecule has 1 N–H and O–H groups in total. The second-order valence-corrected chi connectivity index (χ2v) is 9.48. The van der Waals surface area contributed by atoms with E-state index in [2.05, 4.69) is 21.2 Å². The van der Waals surface area contributed by atoms with Crippen LogP contribution in [0.25, 0.3) is 11.0 Å². The van der Waals surface area contributed by atoms with Crippen molar-refractivity contribution in [2.75, 3.05) is 31.6 Å². The number of carbonyl (C=O) groups is 1. The number of benzene rings is 2. The van der Waals surface area contributed by atoms with Gasteiger partial charge in [0.25, 0.3) is 5.91 Å². The maximum Gasteiger partial charge on any atom is 0.291 e. The molecule has 0 unspecified atom stereocenters. The van der Waals surface area contributed by atoms with Crippen LogP contribution < -0.4 is 5.32 Å². The molecule has 3 aromatic rings. The van der Waals surface area contributed by atoms with E-state index in [1.165, 1.54) is 10.4 Å². The standard InChI is InChI=1S/C20H19BrN2O5S/c1-13-5-6-15(12-18(13)29(25,26)23-7-9-27-10-8-23)22-20(24)17-11-14-3-2-4-16(21)19(14)28-17/h2-6,11-12H,7-10H2,1H3,(H,22,24). The summed E-state index contributed by atoms with van der Waals surface area (Å²) in [6.45, 7) is 3.10. The fourth-order valence-corrected chi connectivity index (χ4v) is 5.34. The monoisotopic (exact) mass is 478 g/mol. The molecule has 7 nitrogen and oxygen atoms in total. The first-order valence-electron chi connectivity index (χ1n) is 9.04. The SMILES string of the molecule is Cc1ccc(NC(=O)c2cc3cccc(Br)c3o2)cc1S(=O)(=O)N1CCOCC1. The van der Waals surface area contributed by atoms with E-state index in [0.29, 0.717) is 43.1 Å². The fourth-order valence-electron chi connectivity index (χ4n) is 3.21. The third-order valence-corrected chi connectivity index (χ3v) is 7.42. The molecule has 4 rings (SSSR count). The first-order valence-corrected chi connectivity index (χ1v) is 11.3. The van der Waals surface area contributed by atoms with Gasteiger partial charge in [0.05, 0.1) is 22.6 Å². The van der Waals surface area contributed by atoms with E-state index in [0.717, 1.165) is 9.86 Å². The van der Waals surface area contributed by atoms with Gasteiger partial charge in [-0.1, -0.05) is 18.2 Å². The van der Waals surface area contributed by atoms with Crippen molar-refractivity contribution in [3.05, 3.63) is 58.3 Å². The van der Waals surface area contributed by atoms with Gasteiger partial charge in [0.1, 0.15) is 5.58 Å². The Labute approximate surface area is 176 Å². The lowest BCUT2D eigenvalue weighted by atomic mass is 10.2. The topological polar surface area (TPSA) is 88.8 Å². The molecule has 1 saturated heterocycles. The van der Waals surface area contributed by atoms with Crippen LogP contribution in [0.5, 0.6) is 0 Å². The highest BCUT2D eigenvalue weighted by molar-refractivity contribution is 9.10. The number of hydrogen-bond donors (Lipinski definition) is 1. The number of anilines is 1. The Morgan fingerprint density at radius 1 is 1.14 bits per heavy atom. The van der Waals surface area contributed by atoms with Crippen LogP contribution in [0.1, 0.15) is 16.1 Å². The van der Waals surface area contributed by atoms with Gasteiger partial charge < -0.3 is 14.5 Å².